The molecule has 0 spiro atoms. The third-order valence-corrected chi connectivity index (χ3v) is 6.01. The molecule has 0 heterocycles. The number of halogens is 2. The summed E-state index contributed by atoms with van der Waals surface area (Å²) in [7, 11) is -0.808. The van der Waals surface area contributed by atoms with E-state index in [1.54, 1.807) is 12.1 Å². The first kappa shape index (κ1) is 24.7. The van der Waals surface area contributed by atoms with Crippen molar-refractivity contribution in [2.24, 2.45) is 0 Å². The standard InChI is InChI=1S/C21H26ClFN2O5S/c1-29-19-14-18(20(30-2)13-17(19)22)25(31(3,27)28)12-4-5-21(26)24-11-10-15-6-8-16(23)9-7-15/h6-9,13-14H,4-5,10-12H2,1-3H3,(H,24,26). The number of nitrogens with zero attached hydrogens (tertiary/aromatic N) is 1. The SMILES string of the molecule is COc1cc(N(CCCC(=O)NCCc2ccc(F)cc2)S(C)(=O)=O)c(OC)cc1Cl. The average molecular weight is 473 g/mol. The molecular weight excluding hydrogens is 447 g/mol. The van der Waals surface area contributed by atoms with Gasteiger partial charge in [0.05, 0.1) is 31.2 Å². The summed E-state index contributed by atoms with van der Waals surface area (Å²) in [4.78, 5) is 12.1. The summed E-state index contributed by atoms with van der Waals surface area (Å²) in [5.74, 6) is 0.0824. The Morgan fingerprint density at radius 1 is 1.13 bits per heavy atom. The molecule has 0 unspecified atom stereocenters. The van der Waals surface area contributed by atoms with Gasteiger partial charge in [0.2, 0.25) is 15.9 Å². The van der Waals surface area contributed by atoms with Crippen LogP contribution in [-0.4, -0.2) is 47.9 Å². The van der Waals surface area contributed by atoms with E-state index in [0.717, 1.165) is 16.1 Å². The first-order chi connectivity index (χ1) is 14.7. The fraction of sp³-hybridized carbons (Fsp3) is 0.381. The number of carbonyl (C=O) groups is 1. The molecule has 1 N–H and O–H groups in total. The molecule has 0 atom stereocenters. The van der Waals surface area contributed by atoms with E-state index in [-0.39, 0.29) is 41.1 Å². The Morgan fingerprint density at radius 2 is 1.77 bits per heavy atom. The minimum absolute atomic E-state index is 0.0748. The van der Waals surface area contributed by atoms with Crippen LogP contribution in [0, 0.1) is 5.82 Å². The van der Waals surface area contributed by atoms with Gasteiger partial charge in [0.25, 0.3) is 0 Å². The van der Waals surface area contributed by atoms with Gasteiger partial charge in [-0.15, -0.1) is 0 Å². The summed E-state index contributed by atoms with van der Waals surface area (Å²) in [5.41, 5.74) is 1.19. The van der Waals surface area contributed by atoms with Gasteiger partial charge in [0.15, 0.2) is 0 Å². The number of carbonyl (C=O) groups excluding carboxylic acids is 1. The van der Waals surface area contributed by atoms with Crippen LogP contribution in [0.15, 0.2) is 36.4 Å². The molecule has 0 aliphatic carbocycles. The minimum Gasteiger partial charge on any atom is -0.495 e. The molecule has 0 fully saturated rings. The van der Waals surface area contributed by atoms with Crippen LogP contribution in [0.25, 0.3) is 0 Å². The Labute approximate surface area is 187 Å². The number of rotatable bonds is 11. The predicted octanol–water partition coefficient (Wildman–Crippen LogP) is 3.40. The lowest BCUT2D eigenvalue weighted by molar-refractivity contribution is -0.121. The third kappa shape index (κ3) is 7.29. The van der Waals surface area contributed by atoms with E-state index in [1.165, 1.54) is 38.5 Å². The van der Waals surface area contributed by atoms with Gasteiger partial charge in [0.1, 0.15) is 17.3 Å². The lowest BCUT2D eigenvalue weighted by Crippen LogP contribution is -2.32. The molecular formula is C21H26ClFN2O5S. The zero-order valence-electron chi connectivity index (χ0n) is 17.7. The van der Waals surface area contributed by atoms with E-state index in [4.69, 9.17) is 21.1 Å². The van der Waals surface area contributed by atoms with E-state index in [2.05, 4.69) is 5.32 Å². The zero-order valence-corrected chi connectivity index (χ0v) is 19.2. The highest BCUT2D eigenvalue weighted by Gasteiger charge is 2.23. The van der Waals surface area contributed by atoms with Crippen LogP contribution >= 0.6 is 11.6 Å². The molecule has 2 aromatic rings. The molecule has 0 saturated heterocycles. The Balaban J connectivity index is 1.97. The summed E-state index contributed by atoms with van der Waals surface area (Å²) in [5, 5.41) is 3.07. The second-order valence-corrected chi connectivity index (χ2v) is 9.14. The third-order valence-electron chi connectivity index (χ3n) is 4.54. The Bertz CT molecular complexity index is 1000. The number of anilines is 1. The minimum atomic E-state index is -3.65. The number of nitrogens with one attached hydrogen (secondary N) is 1. The summed E-state index contributed by atoms with van der Waals surface area (Å²) in [6.07, 6.45) is 2.09. The van der Waals surface area contributed by atoms with E-state index in [0.29, 0.717) is 25.1 Å². The second-order valence-electron chi connectivity index (χ2n) is 6.82. The van der Waals surface area contributed by atoms with Gasteiger partial charge in [-0.2, -0.15) is 0 Å². The molecule has 0 aromatic heterocycles. The highest BCUT2D eigenvalue weighted by molar-refractivity contribution is 7.92. The highest BCUT2D eigenvalue weighted by atomic mass is 35.5. The number of hydrogen-bond acceptors (Lipinski definition) is 5. The van der Waals surface area contributed by atoms with Crippen LogP contribution in [0.1, 0.15) is 18.4 Å². The molecule has 0 aliphatic heterocycles. The molecule has 10 heteroatoms. The molecule has 2 rings (SSSR count). The highest BCUT2D eigenvalue weighted by Crippen LogP contribution is 2.39. The van der Waals surface area contributed by atoms with Gasteiger partial charge in [-0.1, -0.05) is 23.7 Å². The van der Waals surface area contributed by atoms with E-state index in [1.807, 2.05) is 0 Å². The van der Waals surface area contributed by atoms with Crippen molar-refractivity contribution in [3.8, 4) is 11.5 Å². The van der Waals surface area contributed by atoms with E-state index in [9.17, 15) is 17.6 Å². The zero-order chi connectivity index (χ0) is 23.0. The number of methoxy groups -OCH3 is 2. The lowest BCUT2D eigenvalue weighted by atomic mass is 10.1. The fourth-order valence-corrected chi connectivity index (χ4v) is 4.16. The fourth-order valence-electron chi connectivity index (χ4n) is 2.97. The summed E-state index contributed by atoms with van der Waals surface area (Å²) in [6, 6.07) is 9.05. The van der Waals surface area contributed by atoms with Crippen LogP contribution < -0.4 is 19.1 Å². The summed E-state index contributed by atoms with van der Waals surface area (Å²) in [6.45, 7) is 0.480. The monoisotopic (exact) mass is 472 g/mol. The predicted molar refractivity (Wildman–Crippen MR) is 119 cm³/mol. The molecule has 0 radical (unpaired) electrons. The Hall–Kier alpha value is -2.52. The molecule has 0 saturated carbocycles. The maximum absolute atomic E-state index is 12.9. The Kier molecular flexibility index (Phi) is 8.94. The first-order valence-electron chi connectivity index (χ1n) is 9.56. The molecule has 2 aromatic carbocycles. The molecule has 31 heavy (non-hydrogen) atoms. The van der Waals surface area contributed by atoms with Crippen LogP contribution in [0.3, 0.4) is 0 Å². The summed E-state index contributed by atoms with van der Waals surface area (Å²) < 4.78 is 49.3. The number of sulfonamides is 1. The van der Waals surface area contributed by atoms with Gasteiger partial charge in [-0.3, -0.25) is 9.10 Å². The van der Waals surface area contributed by atoms with Crippen molar-refractivity contribution >= 4 is 33.2 Å². The molecule has 0 bridgehead atoms. The smallest absolute Gasteiger partial charge is 0.232 e. The van der Waals surface area contributed by atoms with Crippen LogP contribution in [-0.2, 0) is 21.2 Å². The van der Waals surface area contributed by atoms with Crippen LogP contribution in [0.5, 0.6) is 11.5 Å². The maximum atomic E-state index is 12.9. The Morgan fingerprint density at radius 3 is 2.35 bits per heavy atom. The van der Waals surface area contributed by atoms with Crippen molar-refractivity contribution in [2.45, 2.75) is 19.3 Å². The topological polar surface area (TPSA) is 84.9 Å². The number of benzene rings is 2. The lowest BCUT2D eigenvalue weighted by Gasteiger charge is -2.25. The molecule has 0 aliphatic rings. The van der Waals surface area contributed by atoms with Crippen LogP contribution in [0.4, 0.5) is 10.1 Å². The van der Waals surface area contributed by atoms with Gasteiger partial charge >= 0.3 is 0 Å². The van der Waals surface area contributed by atoms with E-state index < -0.39 is 10.0 Å². The largest absolute Gasteiger partial charge is 0.495 e. The normalized spacial score (nSPS) is 11.1. The van der Waals surface area contributed by atoms with Crippen molar-refractivity contribution in [3.05, 3.63) is 52.8 Å². The molecule has 7 nitrogen and oxygen atoms in total. The quantitative estimate of drug-likeness (QED) is 0.541. The van der Waals surface area contributed by atoms with Gasteiger partial charge < -0.3 is 14.8 Å². The average Bonchev–Trinajstić information content (AvgIpc) is 2.72. The number of ether oxygens (including phenoxy) is 2. The van der Waals surface area contributed by atoms with Gasteiger partial charge in [-0.05, 0) is 30.5 Å². The van der Waals surface area contributed by atoms with Crippen molar-refractivity contribution in [1.29, 1.82) is 0 Å². The van der Waals surface area contributed by atoms with Crippen molar-refractivity contribution < 1.29 is 27.1 Å². The van der Waals surface area contributed by atoms with Crippen LogP contribution in [0.2, 0.25) is 5.02 Å². The molecule has 170 valence electrons. The van der Waals surface area contributed by atoms with Gasteiger partial charge in [-0.25, -0.2) is 12.8 Å². The maximum Gasteiger partial charge on any atom is 0.232 e. The van der Waals surface area contributed by atoms with Crippen molar-refractivity contribution in [3.63, 3.8) is 0 Å². The number of hydrogen-bond donors (Lipinski definition) is 1. The molecule has 1 amide bonds. The van der Waals surface area contributed by atoms with Gasteiger partial charge in [0, 0.05) is 31.6 Å². The van der Waals surface area contributed by atoms with E-state index >= 15 is 0 Å². The van der Waals surface area contributed by atoms with Crippen molar-refractivity contribution in [1.82, 2.24) is 5.32 Å². The van der Waals surface area contributed by atoms with Crippen molar-refractivity contribution in [2.75, 3.05) is 37.9 Å². The first-order valence-corrected chi connectivity index (χ1v) is 11.8. The summed E-state index contributed by atoms with van der Waals surface area (Å²) >= 11 is 6.10. The number of amides is 1. The second kappa shape index (κ2) is 11.2.